The number of hydrogen-bond acceptors (Lipinski definition) is 5. The number of amides is 3. The molecule has 2 heterocycles. The van der Waals surface area contributed by atoms with Crippen LogP contribution in [-0.4, -0.2) is 49.9 Å². The zero-order valence-electron chi connectivity index (χ0n) is 14.4. The Bertz CT molecular complexity index is 842. The molecule has 1 aromatic rings. The summed E-state index contributed by atoms with van der Waals surface area (Å²) in [6, 6.07) is 5.97. The second-order valence-corrected chi connectivity index (χ2v) is 8.66. The zero-order valence-corrected chi connectivity index (χ0v) is 15.2. The van der Waals surface area contributed by atoms with E-state index in [0.717, 1.165) is 4.31 Å². The third-order valence-electron chi connectivity index (χ3n) is 4.89. The van der Waals surface area contributed by atoms with Gasteiger partial charge in [0.05, 0.1) is 17.4 Å². The highest BCUT2D eigenvalue weighted by Gasteiger charge is 2.42. The number of likely N-dealkylation sites (tertiary alicyclic amines) is 1. The Labute approximate surface area is 152 Å². The SMILES string of the molecule is C[C@@H]1CS(=O)(=O)N(c2ccc(C(=O)N3CCC(C(N)=O)CC3)cc2)C1=O. The molecule has 1 aromatic carbocycles. The number of anilines is 1. The minimum atomic E-state index is -3.66. The number of rotatable bonds is 3. The lowest BCUT2D eigenvalue weighted by molar-refractivity contribution is -0.123. The second-order valence-electron chi connectivity index (χ2n) is 6.80. The monoisotopic (exact) mass is 379 g/mol. The normalized spacial score (nSPS) is 23.3. The molecule has 0 bridgehead atoms. The number of nitrogens with two attached hydrogens (primary N) is 1. The van der Waals surface area contributed by atoms with Gasteiger partial charge in [-0.1, -0.05) is 6.92 Å². The molecule has 2 fully saturated rings. The Balaban J connectivity index is 1.73. The molecule has 0 aromatic heterocycles. The molecule has 26 heavy (non-hydrogen) atoms. The Hall–Kier alpha value is -2.42. The van der Waals surface area contributed by atoms with Crippen LogP contribution >= 0.6 is 0 Å². The Morgan fingerprint density at radius 3 is 2.15 bits per heavy atom. The van der Waals surface area contributed by atoms with Crippen molar-refractivity contribution in [2.75, 3.05) is 23.1 Å². The van der Waals surface area contributed by atoms with Gasteiger partial charge >= 0.3 is 0 Å². The lowest BCUT2D eigenvalue weighted by Crippen LogP contribution is -2.41. The van der Waals surface area contributed by atoms with Crippen LogP contribution in [0.2, 0.25) is 0 Å². The van der Waals surface area contributed by atoms with E-state index in [-0.39, 0.29) is 29.2 Å². The van der Waals surface area contributed by atoms with Crippen LogP contribution < -0.4 is 10.0 Å². The van der Waals surface area contributed by atoms with E-state index in [0.29, 0.717) is 31.5 Å². The molecule has 0 aliphatic carbocycles. The molecule has 0 saturated carbocycles. The lowest BCUT2D eigenvalue weighted by Gasteiger charge is -2.30. The minimum Gasteiger partial charge on any atom is -0.369 e. The van der Waals surface area contributed by atoms with Gasteiger partial charge in [-0.2, -0.15) is 0 Å². The van der Waals surface area contributed by atoms with Crippen LogP contribution in [0.5, 0.6) is 0 Å². The molecule has 2 aliphatic heterocycles. The summed E-state index contributed by atoms with van der Waals surface area (Å²) in [7, 11) is -3.66. The highest BCUT2D eigenvalue weighted by Crippen LogP contribution is 2.28. The maximum Gasteiger partial charge on any atom is 0.253 e. The summed E-state index contributed by atoms with van der Waals surface area (Å²) < 4.78 is 25.1. The molecular formula is C17H21N3O5S. The fourth-order valence-corrected chi connectivity index (χ4v) is 5.20. The Morgan fingerprint density at radius 2 is 1.69 bits per heavy atom. The van der Waals surface area contributed by atoms with Crippen molar-refractivity contribution in [3.63, 3.8) is 0 Å². The van der Waals surface area contributed by atoms with Crippen LogP contribution in [0.3, 0.4) is 0 Å². The predicted molar refractivity (Wildman–Crippen MR) is 94.7 cm³/mol. The lowest BCUT2D eigenvalue weighted by atomic mass is 9.96. The van der Waals surface area contributed by atoms with Crippen molar-refractivity contribution in [2.45, 2.75) is 19.8 Å². The highest BCUT2D eigenvalue weighted by atomic mass is 32.2. The van der Waals surface area contributed by atoms with Gasteiger partial charge in [0.15, 0.2) is 0 Å². The first-order valence-corrected chi connectivity index (χ1v) is 10.1. The number of benzene rings is 1. The first kappa shape index (κ1) is 18.4. The molecular weight excluding hydrogens is 358 g/mol. The molecule has 3 rings (SSSR count). The van der Waals surface area contributed by atoms with Gasteiger partial charge in [0.25, 0.3) is 5.91 Å². The summed E-state index contributed by atoms with van der Waals surface area (Å²) in [5.41, 5.74) is 5.94. The molecule has 2 saturated heterocycles. The quantitative estimate of drug-likeness (QED) is 0.812. The number of sulfonamides is 1. The summed E-state index contributed by atoms with van der Waals surface area (Å²) >= 11 is 0. The minimum absolute atomic E-state index is 0.191. The summed E-state index contributed by atoms with van der Waals surface area (Å²) in [6.07, 6.45) is 1.08. The van der Waals surface area contributed by atoms with Gasteiger partial charge in [0.1, 0.15) is 0 Å². The summed E-state index contributed by atoms with van der Waals surface area (Å²) in [5.74, 6) is -1.97. The smallest absolute Gasteiger partial charge is 0.253 e. The average molecular weight is 379 g/mol. The first-order valence-electron chi connectivity index (χ1n) is 8.46. The van der Waals surface area contributed by atoms with Gasteiger partial charge in [-0.3, -0.25) is 14.4 Å². The number of hydrogen-bond donors (Lipinski definition) is 1. The van der Waals surface area contributed by atoms with Gasteiger partial charge in [-0.25, -0.2) is 12.7 Å². The zero-order chi connectivity index (χ0) is 19.1. The molecule has 0 unspecified atom stereocenters. The van der Waals surface area contributed by atoms with Gasteiger partial charge in [0, 0.05) is 24.6 Å². The largest absolute Gasteiger partial charge is 0.369 e. The maximum atomic E-state index is 12.6. The average Bonchev–Trinajstić information content (AvgIpc) is 2.81. The third-order valence-corrected chi connectivity index (χ3v) is 6.76. The van der Waals surface area contributed by atoms with E-state index in [4.69, 9.17) is 5.73 Å². The van der Waals surface area contributed by atoms with E-state index in [2.05, 4.69) is 0 Å². The summed E-state index contributed by atoms with van der Waals surface area (Å²) in [6.45, 7) is 2.48. The van der Waals surface area contributed by atoms with E-state index >= 15 is 0 Å². The van der Waals surface area contributed by atoms with Crippen LogP contribution in [0.1, 0.15) is 30.1 Å². The highest BCUT2D eigenvalue weighted by molar-refractivity contribution is 7.94. The van der Waals surface area contributed by atoms with E-state index in [1.165, 1.54) is 24.3 Å². The van der Waals surface area contributed by atoms with Crippen LogP contribution in [0.15, 0.2) is 24.3 Å². The molecule has 9 heteroatoms. The van der Waals surface area contributed by atoms with Crippen molar-refractivity contribution < 1.29 is 22.8 Å². The molecule has 2 N–H and O–H groups in total. The van der Waals surface area contributed by atoms with Gasteiger partial charge in [0.2, 0.25) is 21.8 Å². The van der Waals surface area contributed by atoms with E-state index in [9.17, 15) is 22.8 Å². The first-order chi connectivity index (χ1) is 12.2. The standard InChI is InChI=1S/C17H21N3O5S/c1-11-10-26(24,25)20(16(11)22)14-4-2-13(3-5-14)17(23)19-8-6-12(7-9-19)15(18)21/h2-5,11-12H,6-10H2,1H3,(H2,18,21)/t11-/m1/s1. The van der Waals surface area contributed by atoms with Gasteiger partial charge in [-0.15, -0.1) is 0 Å². The summed E-state index contributed by atoms with van der Waals surface area (Å²) in [4.78, 5) is 37.5. The van der Waals surface area contributed by atoms with Crippen molar-refractivity contribution >= 4 is 33.4 Å². The molecule has 3 amide bonds. The van der Waals surface area contributed by atoms with E-state index in [1.807, 2.05) is 0 Å². The number of carbonyl (C=O) groups excluding carboxylic acids is 3. The maximum absolute atomic E-state index is 12.6. The molecule has 2 aliphatic rings. The fraction of sp³-hybridized carbons (Fsp3) is 0.471. The number of piperidine rings is 1. The van der Waals surface area contributed by atoms with Crippen molar-refractivity contribution in [1.29, 1.82) is 0 Å². The van der Waals surface area contributed by atoms with E-state index < -0.39 is 21.8 Å². The third kappa shape index (κ3) is 3.31. The molecule has 140 valence electrons. The van der Waals surface area contributed by atoms with Gasteiger partial charge in [-0.05, 0) is 37.1 Å². The molecule has 1 atom stereocenters. The second kappa shape index (κ2) is 6.71. The summed E-state index contributed by atoms with van der Waals surface area (Å²) in [5, 5.41) is 0. The van der Waals surface area contributed by atoms with Crippen LogP contribution in [0.25, 0.3) is 0 Å². The van der Waals surface area contributed by atoms with Crippen molar-refractivity contribution in [3.8, 4) is 0 Å². The molecule has 0 spiro atoms. The topological polar surface area (TPSA) is 118 Å². The van der Waals surface area contributed by atoms with Crippen LogP contribution in [0.4, 0.5) is 5.69 Å². The van der Waals surface area contributed by atoms with Crippen LogP contribution in [-0.2, 0) is 19.6 Å². The number of primary amides is 1. The van der Waals surface area contributed by atoms with Crippen molar-refractivity contribution in [3.05, 3.63) is 29.8 Å². The van der Waals surface area contributed by atoms with Crippen LogP contribution in [0, 0.1) is 11.8 Å². The molecule has 0 radical (unpaired) electrons. The van der Waals surface area contributed by atoms with Crippen molar-refractivity contribution in [1.82, 2.24) is 4.90 Å². The Morgan fingerprint density at radius 1 is 1.12 bits per heavy atom. The van der Waals surface area contributed by atoms with Gasteiger partial charge < -0.3 is 10.6 Å². The molecule has 8 nitrogen and oxygen atoms in total. The fourth-order valence-electron chi connectivity index (χ4n) is 3.38. The number of carbonyl (C=O) groups is 3. The van der Waals surface area contributed by atoms with Crippen molar-refractivity contribution in [2.24, 2.45) is 17.6 Å². The Kier molecular flexibility index (Phi) is 4.74. The van der Waals surface area contributed by atoms with E-state index in [1.54, 1.807) is 11.8 Å². The number of nitrogens with zero attached hydrogens (tertiary/aromatic N) is 2. The predicted octanol–water partition coefficient (Wildman–Crippen LogP) is 0.337.